The summed E-state index contributed by atoms with van der Waals surface area (Å²) in [5.41, 5.74) is 0.647. The molecule has 0 fully saturated rings. The molecule has 100 valence electrons. The number of carbonyl (C=O) groups excluding carboxylic acids is 1. The van der Waals surface area contributed by atoms with E-state index in [0.29, 0.717) is 6.29 Å². The van der Waals surface area contributed by atoms with E-state index >= 15 is 0 Å². The SMILES string of the molecule is Cc1ccn(CCC(C)(C=O)S(C)(=O)=O)c(=O)c1. The third-order valence-corrected chi connectivity index (χ3v) is 5.09. The van der Waals surface area contributed by atoms with Gasteiger partial charge in [-0.15, -0.1) is 0 Å². The largest absolute Gasteiger partial charge is 0.315 e. The van der Waals surface area contributed by atoms with Crippen molar-refractivity contribution in [1.29, 1.82) is 0 Å². The molecule has 0 saturated heterocycles. The number of aromatic nitrogens is 1. The lowest BCUT2D eigenvalue weighted by Crippen LogP contribution is -2.38. The van der Waals surface area contributed by atoms with Crippen LogP contribution in [0.25, 0.3) is 0 Å². The molecule has 5 nitrogen and oxygen atoms in total. The van der Waals surface area contributed by atoms with Crippen molar-refractivity contribution in [1.82, 2.24) is 4.57 Å². The number of pyridine rings is 1. The van der Waals surface area contributed by atoms with Crippen molar-refractivity contribution in [3.8, 4) is 0 Å². The van der Waals surface area contributed by atoms with E-state index in [4.69, 9.17) is 0 Å². The Bertz CT molecular complexity index is 603. The zero-order chi connectivity index (χ0) is 14.0. The molecule has 0 N–H and O–H groups in total. The molecule has 1 atom stereocenters. The lowest BCUT2D eigenvalue weighted by atomic mass is 10.1. The molecule has 0 saturated carbocycles. The Hall–Kier alpha value is -1.43. The molecule has 1 unspecified atom stereocenters. The fraction of sp³-hybridized carbons (Fsp3) is 0.500. The second-order valence-corrected chi connectivity index (χ2v) is 7.17. The third-order valence-electron chi connectivity index (χ3n) is 3.10. The van der Waals surface area contributed by atoms with Gasteiger partial charge in [0.15, 0.2) is 9.84 Å². The average molecular weight is 271 g/mol. The number of aldehydes is 1. The van der Waals surface area contributed by atoms with Crippen molar-refractivity contribution in [2.45, 2.75) is 31.6 Å². The fourth-order valence-corrected chi connectivity index (χ4v) is 2.10. The summed E-state index contributed by atoms with van der Waals surface area (Å²) in [6.45, 7) is 3.37. The molecule has 1 aromatic rings. The molecule has 0 aromatic carbocycles. The summed E-state index contributed by atoms with van der Waals surface area (Å²) >= 11 is 0. The molecule has 1 heterocycles. The molecule has 0 amide bonds. The van der Waals surface area contributed by atoms with Crippen LogP contribution in [0.15, 0.2) is 23.1 Å². The smallest absolute Gasteiger partial charge is 0.250 e. The van der Waals surface area contributed by atoms with E-state index in [1.165, 1.54) is 17.6 Å². The molecular formula is C12H17NO4S. The molecule has 6 heteroatoms. The summed E-state index contributed by atoms with van der Waals surface area (Å²) in [6, 6.07) is 3.23. The average Bonchev–Trinajstić information content (AvgIpc) is 2.26. The van der Waals surface area contributed by atoms with E-state index in [2.05, 4.69) is 0 Å². The van der Waals surface area contributed by atoms with Crippen LogP contribution in [0.1, 0.15) is 18.9 Å². The van der Waals surface area contributed by atoms with Crippen LogP contribution in [0.3, 0.4) is 0 Å². The van der Waals surface area contributed by atoms with E-state index in [-0.39, 0.29) is 18.5 Å². The standard InChI is InChI=1S/C12H17NO4S/c1-10-4-6-13(11(15)8-10)7-5-12(2,9-14)18(3,16)17/h4,6,8-9H,5,7H2,1-3H3. The Morgan fingerprint density at radius 2 is 2.06 bits per heavy atom. The number of carbonyl (C=O) groups is 1. The minimum Gasteiger partial charge on any atom is -0.315 e. The van der Waals surface area contributed by atoms with Crippen LogP contribution in [-0.4, -0.2) is 30.3 Å². The van der Waals surface area contributed by atoms with Gasteiger partial charge >= 0.3 is 0 Å². The van der Waals surface area contributed by atoms with E-state index in [0.717, 1.165) is 11.8 Å². The van der Waals surface area contributed by atoms with Gasteiger partial charge in [0.05, 0.1) is 0 Å². The van der Waals surface area contributed by atoms with Crippen LogP contribution in [0.2, 0.25) is 0 Å². The zero-order valence-corrected chi connectivity index (χ0v) is 11.5. The second kappa shape index (κ2) is 5.06. The number of nitrogens with zero attached hydrogens (tertiary/aromatic N) is 1. The van der Waals surface area contributed by atoms with Crippen molar-refractivity contribution < 1.29 is 13.2 Å². The fourth-order valence-electron chi connectivity index (χ4n) is 1.47. The number of hydrogen-bond donors (Lipinski definition) is 0. The van der Waals surface area contributed by atoms with Crippen molar-refractivity contribution >= 4 is 16.1 Å². The summed E-state index contributed by atoms with van der Waals surface area (Å²) in [7, 11) is -3.49. The van der Waals surface area contributed by atoms with Crippen molar-refractivity contribution in [3.05, 3.63) is 34.2 Å². The second-order valence-electron chi connectivity index (χ2n) is 4.69. The molecule has 0 aliphatic heterocycles. The van der Waals surface area contributed by atoms with E-state index < -0.39 is 14.6 Å². The lowest BCUT2D eigenvalue weighted by Gasteiger charge is -2.21. The maximum atomic E-state index is 11.6. The lowest BCUT2D eigenvalue weighted by molar-refractivity contribution is -0.109. The first-order valence-corrected chi connectivity index (χ1v) is 7.42. The first-order valence-electron chi connectivity index (χ1n) is 5.53. The summed E-state index contributed by atoms with van der Waals surface area (Å²) in [4.78, 5) is 22.6. The Labute approximate surface area is 106 Å². The minimum atomic E-state index is -3.49. The number of rotatable bonds is 5. The normalized spacial score (nSPS) is 15.1. The Balaban J connectivity index is 2.94. The molecular weight excluding hydrogens is 254 g/mol. The first-order chi connectivity index (χ1) is 8.19. The molecule has 1 aromatic heterocycles. The summed E-state index contributed by atoms with van der Waals surface area (Å²) in [6.07, 6.45) is 3.14. The van der Waals surface area contributed by atoms with Crippen molar-refractivity contribution in [2.24, 2.45) is 0 Å². The molecule has 18 heavy (non-hydrogen) atoms. The van der Waals surface area contributed by atoms with Crippen LogP contribution in [0, 0.1) is 6.92 Å². The molecule has 0 aliphatic rings. The van der Waals surface area contributed by atoms with Crippen LogP contribution >= 0.6 is 0 Å². The highest BCUT2D eigenvalue weighted by Gasteiger charge is 2.35. The van der Waals surface area contributed by atoms with Gasteiger partial charge in [0.2, 0.25) is 0 Å². The third kappa shape index (κ3) is 3.07. The van der Waals surface area contributed by atoms with Crippen LogP contribution in [-0.2, 0) is 21.2 Å². The van der Waals surface area contributed by atoms with Crippen LogP contribution in [0.5, 0.6) is 0 Å². The highest BCUT2D eigenvalue weighted by atomic mass is 32.2. The predicted octanol–water partition coefficient (Wildman–Crippen LogP) is 0.549. The van der Waals surface area contributed by atoms with E-state index in [1.54, 1.807) is 19.2 Å². The first kappa shape index (κ1) is 14.6. The van der Waals surface area contributed by atoms with Crippen LogP contribution < -0.4 is 5.56 Å². The van der Waals surface area contributed by atoms with Crippen molar-refractivity contribution in [2.75, 3.05) is 6.26 Å². The van der Waals surface area contributed by atoms with Gasteiger partial charge < -0.3 is 9.36 Å². The quantitative estimate of drug-likeness (QED) is 0.733. The van der Waals surface area contributed by atoms with Crippen LogP contribution in [0.4, 0.5) is 0 Å². The minimum absolute atomic E-state index is 0.0816. The van der Waals surface area contributed by atoms with Gasteiger partial charge in [-0.1, -0.05) is 0 Å². The van der Waals surface area contributed by atoms with Gasteiger partial charge in [-0.3, -0.25) is 4.79 Å². The van der Waals surface area contributed by atoms with Gasteiger partial charge in [-0.05, 0) is 31.9 Å². The highest BCUT2D eigenvalue weighted by Crippen LogP contribution is 2.18. The van der Waals surface area contributed by atoms with E-state index in [9.17, 15) is 18.0 Å². The number of aryl methyl sites for hydroxylation is 2. The topological polar surface area (TPSA) is 73.2 Å². The Kier molecular flexibility index (Phi) is 4.11. The maximum Gasteiger partial charge on any atom is 0.250 e. The Morgan fingerprint density at radius 1 is 1.44 bits per heavy atom. The number of sulfone groups is 1. The highest BCUT2D eigenvalue weighted by molar-refractivity contribution is 7.92. The summed E-state index contributed by atoms with van der Waals surface area (Å²) in [5.74, 6) is 0. The van der Waals surface area contributed by atoms with Gasteiger partial charge in [0.25, 0.3) is 5.56 Å². The van der Waals surface area contributed by atoms with Gasteiger partial charge in [-0.2, -0.15) is 0 Å². The maximum absolute atomic E-state index is 11.6. The van der Waals surface area contributed by atoms with E-state index in [1.807, 2.05) is 0 Å². The molecule has 0 radical (unpaired) electrons. The molecule has 0 spiro atoms. The predicted molar refractivity (Wildman–Crippen MR) is 69.4 cm³/mol. The summed E-state index contributed by atoms with van der Waals surface area (Å²) < 4.78 is 23.0. The monoisotopic (exact) mass is 271 g/mol. The molecule has 0 bridgehead atoms. The Morgan fingerprint density at radius 3 is 2.50 bits per heavy atom. The van der Waals surface area contributed by atoms with Gasteiger partial charge in [0.1, 0.15) is 11.0 Å². The zero-order valence-electron chi connectivity index (χ0n) is 10.7. The van der Waals surface area contributed by atoms with Gasteiger partial charge in [0, 0.05) is 25.1 Å². The van der Waals surface area contributed by atoms with Gasteiger partial charge in [-0.25, -0.2) is 8.42 Å². The summed E-state index contributed by atoms with van der Waals surface area (Å²) in [5, 5.41) is 0. The molecule has 0 aliphatic carbocycles. The molecule has 1 rings (SSSR count). The number of hydrogen-bond acceptors (Lipinski definition) is 4. The van der Waals surface area contributed by atoms with Crippen molar-refractivity contribution in [3.63, 3.8) is 0 Å².